The summed E-state index contributed by atoms with van der Waals surface area (Å²) in [4.78, 5) is 2.71. The molecule has 0 aliphatic carbocycles. The van der Waals surface area contributed by atoms with Crippen LogP contribution in [0, 0.1) is 6.92 Å². The lowest BCUT2D eigenvalue weighted by Gasteiger charge is -2.37. The fourth-order valence-electron chi connectivity index (χ4n) is 5.69. The van der Waals surface area contributed by atoms with E-state index >= 15 is 0 Å². The molecule has 3 aliphatic heterocycles. The molecule has 3 heterocycles. The van der Waals surface area contributed by atoms with Crippen LogP contribution in [0.2, 0.25) is 18.6 Å². The molecule has 0 N–H and O–H groups in total. The molecule has 1 aromatic rings. The molecule has 1 atom stereocenters. The van der Waals surface area contributed by atoms with Gasteiger partial charge in [0.2, 0.25) is 0 Å². The Morgan fingerprint density at radius 3 is 2.55 bits per heavy atom. The maximum absolute atomic E-state index is 2.71. The van der Waals surface area contributed by atoms with Gasteiger partial charge in [-0.3, -0.25) is 0 Å². The van der Waals surface area contributed by atoms with Crippen molar-refractivity contribution in [1.82, 2.24) is 0 Å². The van der Waals surface area contributed by atoms with Gasteiger partial charge >= 0.3 is 0 Å². The summed E-state index contributed by atoms with van der Waals surface area (Å²) in [7, 11) is -1.24. The van der Waals surface area contributed by atoms with Crippen LogP contribution in [0.3, 0.4) is 0 Å². The first-order valence-corrected chi connectivity index (χ1v) is 11.0. The average molecular weight is 286 g/mol. The second kappa shape index (κ2) is 3.35. The third-order valence-corrected chi connectivity index (χ3v) is 10.9. The maximum atomic E-state index is 2.71. The molecular weight excluding hydrogens is 258 g/mol. The molecule has 0 saturated heterocycles. The highest BCUT2D eigenvalue weighted by Gasteiger charge is 2.54. The smallest absolute Gasteiger partial charge is 0.0893 e. The van der Waals surface area contributed by atoms with Crippen molar-refractivity contribution in [1.29, 1.82) is 0 Å². The van der Waals surface area contributed by atoms with Crippen LogP contribution >= 0.6 is 0 Å². The number of nitrogens with zero attached hydrogens (tertiary/aromatic N) is 1. The highest BCUT2D eigenvalue weighted by atomic mass is 28.3. The molecule has 20 heavy (non-hydrogen) atoms. The first kappa shape index (κ1) is 12.9. The molecule has 2 heteroatoms. The lowest BCUT2D eigenvalue weighted by Crippen LogP contribution is -2.51. The number of hydrogen-bond acceptors (Lipinski definition) is 1. The minimum Gasteiger partial charge on any atom is -0.371 e. The molecule has 0 amide bonds. The van der Waals surface area contributed by atoms with E-state index in [1.807, 2.05) is 5.19 Å². The molecule has 108 valence electrons. The van der Waals surface area contributed by atoms with Crippen LogP contribution < -0.4 is 10.1 Å². The van der Waals surface area contributed by atoms with E-state index < -0.39 is 8.07 Å². The van der Waals surface area contributed by atoms with Crippen LogP contribution in [0.1, 0.15) is 44.4 Å². The Hall–Kier alpha value is -0.763. The fraction of sp³-hybridized carbons (Fsp3) is 0.667. The zero-order chi connectivity index (χ0) is 14.5. The largest absolute Gasteiger partial charge is 0.371 e. The van der Waals surface area contributed by atoms with E-state index in [-0.39, 0.29) is 0 Å². The molecule has 1 nitrogen and oxygen atoms in total. The Bertz CT molecular complexity index is 629. The molecule has 0 saturated carbocycles. The maximum Gasteiger partial charge on any atom is 0.0893 e. The summed E-state index contributed by atoms with van der Waals surface area (Å²) in [6.45, 7) is 17.4. The van der Waals surface area contributed by atoms with E-state index in [2.05, 4.69) is 52.1 Å². The summed E-state index contributed by atoms with van der Waals surface area (Å²) >= 11 is 0. The van der Waals surface area contributed by atoms with Crippen molar-refractivity contribution in [3.05, 3.63) is 22.8 Å². The van der Waals surface area contributed by atoms with E-state index in [0.717, 1.165) is 0 Å². The summed E-state index contributed by atoms with van der Waals surface area (Å²) in [5, 5.41) is 1.86. The van der Waals surface area contributed by atoms with E-state index in [4.69, 9.17) is 0 Å². The summed E-state index contributed by atoms with van der Waals surface area (Å²) in [5.74, 6) is 0. The first-order chi connectivity index (χ1) is 9.16. The van der Waals surface area contributed by atoms with Gasteiger partial charge in [-0.2, -0.15) is 0 Å². The number of aryl methyl sites for hydroxylation is 1. The van der Waals surface area contributed by atoms with Crippen LogP contribution in [0.4, 0.5) is 5.69 Å². The molecule has 0 fully saturated rings. The van der Waals surface area contributed by atoms with Gasteiger partial charge in [0.15, 0.2) is 0 Å². The predicted octanol–water partition coefficient (Wildman–Crippen LogP) is 3.68. The van der Waals surface area contributed by atoms with Crippen molar-refractivity contribution < 1.29 is 0 Å². The van der Waals surface area contributed by atoms with Crippen molar-refractivity contribution in [3.8, 4) is 0 Å². The van der Waals surface area contributed by atoms with Gasteiger partial charge in [0, 0.05) is 24.2 Å². The van der Waals surface area contributed by atoms with E-state index in [1.165, 1.54) is 25.2 Å². The van der Waals surface area contributed by atoms with Gasteiger partial charge in [-0.05, 0) is 46.3 Å². The van der Waals surface area contributed by atoms with Crippen LogP contribution in [0.25, 0.3) is 0 Å². The van der Waals surface area contributed by atoms with Crippen LogP contribution in [-0.4, -0.2) is 21.2 Å². The Morgan fingerprint density at radius 2 is 1.85 bits per heavy atom. The molecule has 3 aliphatic rings. The lowest BCUT2D eigenvalue weighted by atomic mass is 9.80. The van der Waals surface area contributed by atoms with Gasteiger partial charge in [-0.25, -0.2) is 0 Å². The number of benzene rings is 1. The van der Waals surface area contributed by atoms with Crippen LogP contribution in [0.5, 0.6) is 0 Å². The summed E-state index contributed by atoms with van der Waals surface area (Å²) < 4.78 is 0. The third-order valence-electron chi connectivity index (χ3n) is 6.17. The quantitative estimate of drug-likeness (QED) is 0.657. The van der Waals surface area contributed by atoms with E-state index in [0.29, 0.717) is 10.8 Å². The first-order valence-electron chi connectivity index (χ1n) is 8.10. The van der Waals surface area contributed by atoms with Crippen LogP contribution in [0.15, 0.2) is 6.07 Å². The van der Waals surface area contributed by atoms with E-state index in [9.17, 15) is 0 Å². The van der Waals surface area contributed by atoms with Gasteiger partial charge in [0.1, 0.15) is 0 Å². The van der Waals surface area contributed by atoms with Gasteiger partial charge in [0.05, 0.1) is 8.07 Å². The Labute approximate surface area is 124 Å². The Morgan fingerprint density at radius 1 is 1.15 bits per heavy atom. The van der Waals surface area contributed by atoms with Crippen molar-refractivity contribution >= 4 is 18.9 Å². The van der Waals surface area contributed by atoms with Crippen molar-refractivity contribution in [3.63, 3.8) is 0 Å². The molecule has 0 radical (unpaired) electrons. The highest BCUT2D eigenvalue weighted by Crippen LogP contribution is 2.52. The molecular formula is C18H27NSi. The van der Waals surface area contributed by atoms with Crippen molar-refractivity contribution in [2.75, 3.05) is 18.0 Å². The molecule has 0 spiro atoms. The number of hydrogen-bond donors (Lipinski definition) is 0. The monoisotopic (exact) mass is 285 g/mol. The topological polar surface area (TPSA) is 3.24 Å². The highest BCUT2D eigenvalue weighted by molar-refractivity contribution is 6.94. The van der Waals surface area contributed by atoms with Gasteiger partial charge in [-0.1, -0.05) is 40.3 Å². The number of rotatable bonds is 0. The average Bonchev–Trinajstić information content (AvgIpc) is 2.67. The van der Waals surface area contributed by atoms with E-state index in [1.54, 1.807) is 22.4 Å². The van der Waals surface area contributed by atoms with Gasteiger partial charge in [-0.15, -0.1) is 0 Å². The normalized spacial score (nSPS) is 31.6. The second-order valence-corrected chi connectivity index (χ2v) is 13.5. The fourth-order valence-corrected chi connectivity index (χ4v) is 11.2. The molecule has 0 aromatic heterocycles. The summed E-state index contributed by atoms with van der Waals surface area (Å²) in [6, 6.07) is 5.46. The Balaban J connectivity index is 2.13. The molecule has 1 aromatic carbocycles. The minimum absolute atomic E-state index is 0.335. The van der Waals surface area contributed by atoms with Crippen molar-refractivity contribution in [2.45, 2.75) is 64.1 Å². The standard InChI is InChI=1S/C18H27NSi/c1-12-9-13-15-16-14(12)18(4,5)11-20(16,6)8-7-19(15)10-17(13,2)3/h9H,7-8,10-11H2,1-6H3. The molecule has 4 rings (SSSR count). The zero-order valence-electron chi connectivity index (χ0n) is 13.9. The SMILES string of the molecule is Cc1cc2c3c4c1C(C)(C)C[Si]4(C)CCN3CC2(C)C. The number of anilines is 1. The Kier molecular flexibility index (Phi) is 2.17. The summed E-state index contributed by atoms with van der Waals surface area (Å²) in [6.07, 6.45) is 0. The lowest BCUT2D eigenvalue weighted by molar-refractivity contribution is 0.551. The van der Waals surface area contributed by atoms with Gasteiger partial charge < -0.3 is 4.90 Å². The zero-order valence-corrected chi connectivity index (χ0v) is 14.9. The minimum atomic E-state index is -1.24. The van der Waals surface area contributed by atoms with Crippen molar-refractivity contribution in [2.24, 2.45) is 0 Å². The molecule has 0 bridgehead atoms. The molecule has 1 unspecified atom stereocenters. The third kappa shape index (κ3) is 1.34. The van der Waals surface area contributed by atoms with Crippen LogP contribution in [-0.2, 0) is 10.8 Å². The van der Waals surface area contributed by atoms with Gasteiger partial charge in [0.25, 0.3) is 0 Å². The predicted molar refractivity (Wildman–Crippen MR) is 90.3 cm³/mol. The second-order valence-electron chi connectivity index (χ2n) is 9.02. The summed E-state index contributed by atoms with van der Waals surface area (Å²) in [5.41, 5.74) is 7.36.